The zero-order chi connectivity index (χ0) is 21.7. The number of hydroxylamine groups is 1. The van der Waals surface area contributed by atoms with Gasteiger partial charge in [-0.15, -0.1) is 0 Å². The SMILES string of the molecule is CON1C(=O)/C(=C\c2cc(C(C)(C)C)c(O)c(C(C)(C)C)c2)c2ccc(Br)cc21. The fourth-order valence-electron chi connectivity index (χ4n) is 3.61. The van der Waals surface area contributed by atoms with E-state index in [1.54, 1.807) is 0 Å². The van der Waals surface area contributed by atoms with Crippen LogP contribution in [0.25, 0.3) is 11.6 Å². The van der Waals surface area contributed by atoms with Crippen LogP contribution in [0.4, 0.5) is 5.69 Å². The predicted molar refractivity (Wildman–Crippen MR) is 122 cm³/mol. The van der Waals surface area contributed by atoms with E-state index in [4.69, 9.17) is 4.84 Å². The molecule has 1 N–H and O–H groups in total. The molecule has 0 spiro atoms. The molecule has 2 aromatic carbocycles. The van der Waals surface area contributed by atoms with Crippen LogP contribution in [-0.4, -0.2) is 18.1 Å². The topological polar surface area (TPSA) is 49.8 Å². The van der Waals surface area contributed by atoms with E-state index in [0.717, 1.165) is 26.7 Å². The van der Waals surface area contributed by atoms with Crippen LogP contribution >= 0.6 is 15.9 Å². The molecule has 3 rings (SSSR count). The second-order valence-electron chi connectivity index (χ2n) is 9.47. The first-order chi connectivity index (χ1) is 13.3. The van der Waals surface area contributed by atoms with E-state index in [2.05, 4.69) is 57.5 Å². The molecule has 0 saturated carbocycles. The van der Waals surface area contributed by atoms with E-state index < -0.39 is 0 Å². The van der Waals surface area contributed by atoms with Crippen molar-refractivity contribution in [2.75, 3.05) is 12.2 Å². The van der Waals surface area contributed by atoms with Crippen LogP contribution in [0.3, 0.4) is 0 Å². The predicted octanol–water partition coefficient (Wildman–Crippen LogP) is 6.20. The molecular weight excluding hydrogens is 430 g/mol. The van der Waals surface area contributed by atoms with Gasteiger partial charge in [0.25, 0.3) is 5.91 Å². The van der Waals surface area contributed by atoms with Gasteiger partial charge in [0.2, 0.25) is 0 Å². The fraction of sp³-hybridized carbons (Fsp3) is 0.375. The highest BCUT2D eigenvalue weighted by atomic mass is 79.9. The Morgan fingerprint density at radius 1 is 1.00 bits per heavy atom. The van der Waals surface area contributed by atoms with Gasteiger partial charge >= 0.3 is 0 Å². The highest BCUT2D eigenvalue weighted by molar-refractivity contribution is 9.10. The van der Waals surface area contributed by atoms with Crippen molar-refractivity contribution in [3.05, 3.63) is 57.1 Å². The molecule has 5 heteroatoms. The maximum atomic E-state index is 13.0. The summed E-state index contributed by atoms with van der Waals surface area (Å²) in [4.78, 5) is 18.3. The molecule has 2 aromatic rings. The van der Waals surface area contributed by atoms with Gasteiger partial charge in [-0.2, -0.15) is 5.06 Å². The van der Waals surface area contributed by atoms with Gasteiger partial charge in [0.05, 0.1) is 18.4 Å². The Morgan fingerprint density at radius 2 is 1.55 bits per heavy atom. The van der Waals surface area contributed by atoms with Gasteiger partial charge in [-0.3, -0.25) is 9.63 Å². The molecule has 0 fully saturated rings. The molecule has 0 unspecified atom stereocenters. The summed E-state index contributed by atoms with van der Waals surface area (Å²) in [5, 5.41) is 12.3. The summed E-state index contributed by atoms with van der Waals surface area (Å²) in [7, 11) is 1.49. The van der Waals surface area contributed by atoms with Crippen molar-refractivity contribution in [1.29, 1.82) is 0 Å². The molecule has 154 valence electrons. The third kappa shape index (κ3) is 3.99. The average Bonchev–Trinajstić information content (AvgIpc) is 2.84. The molecule has 1 amide bonds. The van der Waals surface area contributed by atoms with Crippen molar-refractivity contribution in [2.45, 2.75) is 52.4 Å². The van der Waals surface area contributed by atoms with E-state index in [0.29, 0.717) is 17.0 Å². The molecule has 0 atom stereocenters. The van der Waals surface area contributed by atoms with Crippen LogP contribution in [0.2, 0.25) is 0 Å². The maximum Gasteiger partial charge on any atom is 0.282 e. The van der Waals surface area contributed by atoms with Crippen molar-refractivity contribution in [3.8, 4) is 5.75 Å². The van der Waals surface area contributed by atoms with Gasteiger partial charge in [-0.1, -0.05) is 63.5 Å². The van der Waals surface area contributed by atoms with Crippen molar-refractivity contribution in [1.82, 2.24) is 0 Å². The molecule has 0 radical (unpaired) electrons. The number of rotatable bonds is 2. The number of anilines is 1. The minimum Gasteiger partial charge on any atom is -0.507 e. The highest BCUT2D eigenvalue weighted by Crippen LogP contribution is 2.43. The van der Waals surface area contributed by atoms with Crippen molar-refractivity contribution >= 4 is 39.2 Å². The zero-order valence-electron chi connectivity index (χ0n) is 18.1. The highest BCUT2D eigenvalue weighted by Gasteiger charge is 2.33. The Hall–Kier alpha value is -2.11. The largest absolute Gasteiger partial charge is 0.507 e. The molecular formula is C24H28BrNO3. The molecule has 4 nitrogen and oxygen atoms in total. The number of fused-ring (bicyclic) bond motifs is 1. The first kappa shape index (κ1) is 21.6. The van der Waals surface area contributed by atoms with Crippen LogP contribution in [0.15, 0.2) is 34.8 Å². The molecule has 29 heavy (non-hydrogen) atoms. The van der Waals surface area contributed by atoms with Crippen molar-refractivity contribution in [2.24, 2.45) is 0 Å². The number of hydrogen-bond acceptors (Lipinski definition) is 3. The summed E-state index contributed by atoms with van der Waals surface area (Å²) in [5.74, 6) is 0.121. The monoisotopic (exact) mass is 457 g/mol. The molecule has 0 aliphatic carbocycles. The molecule has 0 aromatic heterocycles. The lowest BCUT2D eigenvalue weighted by atomic mass is 9.78. The Labute approximate surface area is 181 Å². The Morgan fingerprint density at radius 3 is 2.03 bits per heavy atom. The number of amides is 1. The summed E-state index contributed by atoms with van der Waals surface area (Å²) < 4.78 is 0.877. The lowest BCUT2D eigenvalue weighted by Gasteiger charge is -2.28. The summed E-state index contributed by atoms with van der Waals surface area (Å²) in [6.07, 6.45) is 1.89. The van der Waals surface area contributed by atoms with Gasteiger partial charge in [0.1, 0.15) is 5.75 Å². The third-order valence-electron chi connectivity index (χ3n) is 5.13. The van der Waals surface area contributed by atoms with Crippen LogP contribution in [0.5, 0.6) is 5.75 Å². The molecule has 1 heterocycles. The van der Waals surface area contributed by atoms with Gasteiger partial charge in [0, 0.05) is 21.2 Å². The van der Waals surface area contributed by atoms with Gasteiger partial charge in [-0.05, 0) is 46.7 Å². The second kappa shape index (κ2) is 7.29. The molecule has 1 aliphatic heterocycles. The van der Waals surface area contributed by atoms with E-state index in [-0.39, 0.29) is 16.7 Å². The van der Waals surface area contributed by atoms with Crippen LogP contribution in [0.1, 0.15) is 63.8 Å². The number of phenols is 1. The lowest BCUT2D eigenvalue weighted by molar-refractivity contribution is -0.118. The molecule has 1 aliphatic rings. The van der Waals surface area contributed by atoms with Crippen LogP contribution < -0.4 is 5.06 Å². The van der Waals surface area contributed by atoms with Gasteiger partial charge < -0.3 is 5.11 Å². The smallest absolute Gasteiger partial charge is 0.282 e. The number of carbonyl (C=O) groups is 1. The molecule has 0 bridgehead atoms. The van der Waals surface area contributed by atoms with Crippen LogP contribution in [0, 0.1) is 0 Å². The Kier molecular flexibility index (Phi) is 5.43. The Balaban J connectivity index is 2.25. The second-order valence-corrected chi connectivity index (χ2v) is 10.4. The minimum absolute atomic E-state index is 0.205. The average molecular weight is 458 g/mol. The number of aromatic hydroxyl groups is 1. The first-order valence-electron chi connectivity index (χ1n) is 9.62. The molecule has 0 saturated heterocycles. The summed E-state index contributed by atoms with van der Waals surface area (Å²) >= 11 is 3.46. The number of carbonyl (C=O) groups excluding carboxylic acids is 1. The number of halogens is 1. The summed E-state index contributed by atoms with van der Waals surface area (Å²) in [6.45, 7) is 12.5. The number of nitrogens with zero attached hydrogens (tertiary/aromatic N) is 1. The quantitative estimate of drug-likeness (QED) is 0.546. The number of phenolic OH excluding ortho intramolecular Hbond substituents is 1. The van der Waals surface area contributed by atoms with Crippen molar-refractivity contribution < 1.29 is 14.7 Å². The number of benzene rings is 2. The van der Waals surface area contributed by atoms with Gasteiger partial charge in [0.15, 0.2) is 0 Å². The van der Waals surface area contributed by atoms with Gasteiger partial charge in [-0.25, -0.2) is 0 Å². The zero-order valence-corrected chi connectivity index (χ0v) is 19.6. The maximum absolute atomic E-state index is 13.0. The van der Waals surface area contributed by atoms with E-state index in [9.17, 15) is 9.90 Å². The summed E-state index contributed by atoms with van der Waals surface area (Å²) in [6, 6.07) is 9.64. The van der Waals surface area contributed by atoms with Crippen molar-refractivity contribution in [3.63, 3.8) is 0 Å². The standard InChI is InChI=1S/C24H28BrNO3/c1-23(2,3)18-11-14(12-19(21(18)27)24(4,5)6)10-17-16-9-8-15(25)13-20(16)26(29-7)22(17)28/h8-13,27H,1-7H3/b17-10-. The third-order valence-corrected chi connectivity index (χ3v) is 5.62. The fourth-order valence-corrected chi connectivity index (χ4v) is 3.95. The van der Waals surface area contributed by atoms with E-state index in [1.807, 2.05) is 36.4 Å². The first-order valence-corrected chi connectivity index (χ1v) is 10.4. The normalized spacial score (nSPS) is 15.9. The lowest BCUT2D eigenvalue weighted by Crippen LogP contribution is -2.24. The number of hydrogen-bond donors (Lipinski definition) is 1. The van der Waals surface area contributed by atoms with E-state index >= 15 is 0 Å². The summed E-state index contributed by atoms with van der Waals surface area (Å²) in [5.41, 5.74) is 4.24. The van der Waals surface area contributed by atoms with Crippen LogP contribution in [-0.2, 0) is 20.5 Å². The Bertz CT molecular complexity index is 975. The minimum atomic E-state index is -0.236. The van der Waals surface area contributed by atoms with E-state index in [1.165, 1.54) is 12.2 Å².